The topological polar surface area (TPSA) is 54.9 Å². The smallest absolute Gasteiger partial charge is 0.227 e. The van der Waals surface area contributed by atoms with E-state index < -0.39 is 0 Å². The number of aromatic nitrogens is 2. The van der Waals surface area contributed by atoms with Crippen LogP contribution in [0.15, 0.2) is 54.7 Å². The van der Waals surface area contributed by atoms with E-state index in [1.807, 2.05) is 24.3 Å². The number of carbonyl (C=O) groups is 1. The molecule has 1 aromatic heterocycles. The molecule has 130 valence electrons. The Hall–Kier alpha value is -2.79. The molecule has 3 aromatic rings. The standard InChI is InChI=1S/C20H15ClFN3O/c21-14-3-1-2-12(8-14)13-9-18-17(19(26)10-13)11-23-20(25-18)24-16-6-4-15(22)5-7-16/h1-8,11,13H,9-10H2,(H,23,24,25)/t13-/m1/s1. The highest BCUT2D eigenvalue weighted by atomic mass is 35.5. The second-order valence-corrected chi connectivity index (χ2v) is 6.71. The number of Topliss-reactive ketones (excluding diaryl/α,β-unsaturated/α-hetero) is 1. The maximum Gasteiger partial charge on any atom is 0.227 e. The summed E-state index contributed by atoms with van der Waals surface area (Å²) < 4.78 is 13.0. The normalized spacial score (nSPS) is 16.2. The number of hydrogen-bond acceptors (Lipinski definition) is 4. The molecule has 4 rings (SSSR count). The number of carbonyl (C=O) groups excluding carboxylic acids is 1. The number of halogens is 2. The molecular weight excluding hydrogens is 353 g/mol. The maximum atomic E-state index is 13.0. The predicted molar refractivity (Wildman–Crippen MR) is 98.6 cm³/mol. The lowest BCUT2D eigenvalue weighted by Crippen LogP contribution is -2.21. The van der Waals surface area contributed by atoms with Gasteiger partial charge in [-0.3, -0.25) is 4.79 Å². The minimum atomic E-state index is -0.308. The van der Waals surface area contributed by atoms with E-state index in [2.05, 4.69) is 15.3 Å². The lowest BCUT2D eigenvalue weighted by atomic mass is 9.82. The maximum absolute atomic E-state index is 13.0. The van der Waals surface area contributed by atoms with E-state index in [4.69, 9.17) is 11.6 Å². The number of ketones is 1. The van der Waals surface area contributed by atoms with Gasteiger partial charge in [-0.15, -0.1) is 0 Å². The van der Waals surface area contributed by atoms with Crippen LogP contribution in [0.3, 0.4) is 0 Å². The van der Waals surface area contributed by atoms with E-state index >= 15 is 0 Å². The third-order valence-corrected chi connectivity index (χ3v) is 4.70. The molecule has 0 fully saturated rings. The van der Waals surface area contributed by atoms with E-state index in [0.717, 1.165) is 5.56 Å². The Bertz CT molecular complexity index is 975. The second kappa shape index (κ2) is 6.84. The number of nitrogens with one attached hydrogen (secondary N) is 1. The van der Waals surface area contributed by atoms with Crippen molar-refractivity contribution < 1.29 is 9.18 Å². The third-order valence-electron chi connectivity index (χ3n) is 4.46. The van der Waals surface area contributed by atoms with E-state index in [0.29, 0.717) is 40.8 Å². The molecule has 1 atom stereocenters. The average molecular weight is 368 g/mol. The van der Waals surface area contributed by atoms with E-state index in [-0.39, 0.29) is 17.5 Å². The molecule has 1 aliphatic carbocycles. The van der Waals surface area contributed by atoms with Crippen LogP contribution in [0.1, 0.15) is 34.0 Å². The van der Waals surface area contributed by atoms with Gasteiger partial charge in [0.1, 0.15) is 5.82 Å². The SMILES string of the molecule is O=C1C[C@H](c2cccc(Cl)c2)Cc2nc(Nc3ccc(F)cc3)ncc21. The molecular formula is C20H15ClFN3O. The largest absolute Gasteiger partial charge is 0.324 e. The second-order valence-electron chi connectivity index (χ2n) is 6.27. The number of nitrogens with zero attached hydrogens (tertiary/aromatic N) is 2. The zero-order valence-corrected chi connectivity index (χ0v) is 14.5. The van der Waals surface area contributed by atoms with Gasteiger partial charge in [-0.25, -0.2) is 14.4 Å². The average Bonchev–Trinajstić information content (AvgIpc) is 2.63. The molecule has 0 bridgehead atoms. The highest BCUT2D eigenvalue weighted by Crippen LogP contribution is 2.33. The molecule has 6 heteroatoms. The molecule has 0 aliphatic heterocycles. The fourth-order valence-corrected chi connectivity index (χ4v) is 3.36. The lowest BCUT2D eigenvalue weighted by molar-refractivity contribution is 0.0962. The Morgan fingerprint density at radius 1 is 1.12 bits per heavy atom. The number of hydrogen-bond donors (Lipinski definition) is 1. The molecule has 0 amide bonds. The lowest BCUT2D eigenvalue weighted by Gasteiger charge is -2.23. The third kappa shape index (κ3) is 3.44. The highest BCUT2D eigenvalue weighted by molar-refractivity contribution is 6.30. The molecule has 1 N–H and O–H groups in total. The Morgan fingerprint density at radius 2 is 1.92 bits per heavy atom. The van der Waals surface area contributed by atoms with E-state index in [9.17, 15) is 9.18 Å². The van der Waals surface area contributed by atoms with Crippen molar-refractivity contribution >= 4 is 29.0 Å². The summed E-state index contributed by atoms with van der Waals surface area (Å²) in [5, 5.41) is 3.69. The molecule has 0 spiro atoms. The first-order valence-corrected chi connectivity index (χ1v) is 8.63. The monoisotopic (exact) mass is 367 g/mol. The molecule has 1 heterocycles. The number of anilines is 2. The minimum Gasteiger partial charge on any atom is -0.324 e. The van der Waals surface area contributed by atoms with Crippen molar-refractivity contribution in [3.05, 3.63) is 82.4 Å². The van der Waals surface area contributed by atoms with Crippen LogP contribution in [0.2, 0.25) is 5.02 Å². The van der Waals surface area contributed by atoms with Crippen molar-refractivity contribution in [3.63, 3.8) is 0 Å². The summed E-state index contributed by atoms with van der Waals surface area (Å²) in [5.41, 5.74) is 2.99. The van der Waals surface area contributed by atoms with Crippen LogP contribution in [-0.4, -0.2) is 15.8 Å². The van der Waals surface area contributed by atoms with Crippen LogP contribution >= 0.6 is 11.6 Å². The zero-order valence-electron chi connectivity index (χ0n) is 13.7. The minimum absolute atomic E-state index is 0.0320. The van der Waals surface area contributed by atoms with Gasteiger partial charge in [-0.1, -0.05) is 23.7 Å². The van der Waals surface area contributed by atoms with Crippen LogP contribution in [0.5, 0.6) is 0 Å². The Morgan fingerprint density at radius 3 is 2.69 bits per heavy atom. The number of benzene rings is 2. The first-order chi connectivity index (χ1) is 12.6. The Labute approximate surface area is 155 Å². The van der Waals surface area contributed by atoms with Crippen LogP contribution < -0.4 is 5.32 Å². The fourth-order valence-electron chi connectivity index (χ4n) is 3.16. The van der Waals surface area contributed by atoms with Crippen molar-refractivity contribution in [3.8, 4) is 0 Å². The van der Waals surface area contributed by atoms with Gasteiger partial charge in [-0.2, -0.15) is 0 Å². The highest BCUT2D eigenvalue weighted by Gasteiger charge is 2.28. The molecule has 0 saturated heterocycles. The summed E-state index contributed by atoms with van der Waals surface area (Å²) in [7, 11) is 0. The first kappa shape index (κ1) is 16.7. The molecule has 2 aromatic carbocycles. The molecule has 1 aliphatic rings. The summed E-state index contributed by atoms with van der Waals surface area (Å²) in [4.78, 5) is 21.2. The van der Waals surface area contributed by atoms with Gasteiger partial charge in [-0.05, 0) is 54.3 Å². The molecule has 0 saturated carbocycles. The number of fused-ring (bicyclic) bond motifs is 1. The summed E-state index contributed by atoms with van der Waals surface area (Å²) in [6.07, 6.45) is 2.62. The van der Waals surface area contributed by atoms with Gasteiger partial charge < -0.3 is 5.32 Å². The van der Waals surface area contributed by atoms with Gasteiger partial charge >= 0.3 is 0 Å². The quantitative estimate of drug-likeness (QED) is 0.713. The van der Waals surface area contributed by atoms with Gasteiger partial charge in [0.25, 0.3) is 0 Å². The van der Waals surface area contributed by atoms with Gasteiger partial charge in [0.05, 0.1) is 11.3 Å². The Balaban J connectivity index is 1.61. The van der Waals surface area contributed by atoms with Gasteiger partial charge in [0.15, 0.2) is 5.78 Å². The molecule has 0 unspecified atom stereocenters. The van der Waals surface area contributed by atoms with Crippen LogP contribution in [0, 0.1) is 5.82 Å². The predicted octanol–water partition coefficient (Wildman–Crippen LogP) is 4.93. The van der Waals surface area contributed by atoms with E-state index in [1.165, 1.54) is 12.1 Å². The van der Waals surface area contributed by atoms with Crippen molar-refractivity contribution in [2.75, 3.05) is 5.32 Å². The summed E-state index contributed by atoms with van der Waals surface area (Å²) in [6, 6.07) is 13.5. The van der Waals surface area contributed by atoms with Crippen LogP contribution in [-0.2, 0) is 6.42 Å². The molecule has 0 radical (unpaired) electrons. The van der Waals surface area contributed by atoms with Crippen molar-refractivity contribution in [1.82, 2.24) is 9.97 Å². The van der Waals surface area contributed by atoms with Crippen molar-refractivity contribution in [1.29, 1.82) is 0 Å². The number of rotatable bonds is 3. The van der Waals surface area contributed by atoms with Gasteiger partial charge in [0, 0.05) is 23.3 Å². The molecule has 4 nitrogen and oxygen atoms in total. The Kier molecular flexibility index (Phi) is 4.39. The zero-order chi connectivity index (χ0) is 18.1. The van der Waals surface area contributed by atoms with E-state index in [1.54, 1.807) is 18.3 Å². The van der Waals surface area contributed by atoms with Crippen molar-refractivity contribution in [2.45, 2.75) is 18.8 Å². The van der Waals surface area contributed by atoms with Gasteiger partial charge in [0.2, 0.25) is 5.95 Å². The van der Waals surface area contributed by atoms with Crippen LogP contribution in [0.25, 0.3) is 0 Å². The van der Waals surface area contributed by atoms with Crippen molar-refractivity contribution in [2.24, 2.45) is 0 Å². The first-order valence-electron chi connectivity index (χ1n) is 8.25. The van der Waals surface area contributed by atoms with Crippen LogP contribution in [0.4, 0.5) is 16.0 Å². The summed E-state index contributed by atoms with van der Waals surface area (Å²) >= 11 is 6.08. The fraction of sp³-hybridized carbons (Fsp3) is 0.150. The summed E-state index contributed by atoms with van der Waals surface area (Å²) in [5.74, 6) is 0.151. The molecule has 26 heavy (non-hydrogen) atoms. The summed E-state index contributed by atoms with van der Waals surface area (Å²) in [6.45, 7) is 0.